The molecule has 0 bridgehead atoms. The Morgan fingerprint density at radius 2 is 1.83 bits per heavy atom. The molecule has 0 amide bonds. The molecule has 2 fully saturated rings. The van der Waals surface area contributed by atoms with Crippen LogP contribution in [0.25, 0.3) is 0 Å². The molecule has 0 radical (unpaired) electrons. The van der Waals surface area contributed by atoms with Gasteiger partial charge in [-0.25, -0.2) is 0 Å². The van der Waals surface area contributed by atoms with Crippen LogP contribution in [0, 0.1) is 17.8 Å². The summed E-state index contributed by atoms with van der Waals surface area (Å²) in [5, 5.41) is 10.6. The predicted molar refractivity (Wildman–Crippen MR) is 71.0 cm³/mol. The van der Waals surface area contributed by atoms with Crippen LogP contribution in [0.4, 0.5) is 0 Å². The summed E-state index contributed by atoms with van der Waals surface area (Å²) in [6.07, 6.45) is 8.58. The monoisotopic (exact) mass is 246 g/mol. The van der Waals surface area contributed by atoms with Gasteiger partial charge in [-0.1, -0.05) is 12.8 Å². The normalized spacial score (nSPS) is 33.6. The van der Waals surface area contributed by atoms with Crippen molar-refractivity contribution in [3.8, 4) is 0 Å². The molecule has 0 spiro atoms. The number of pyridine rings is 1. The van der Waals surface area contributed by atoms with E-state index in [1.807, 2.05) is 12.1 Å². The average molecular weight is 246 g/mol. The van der Waals surface area contributed by atoms with Crippen LogP contribution >= 0.6 is 0 Å². The number of hydrogen-bond donors (Lipinski definition) is 2. The quantitative estimate of drug-likeness (QED) is 0.853. The minimum Gasteiger partial charge on any atom is -0.392 e. The molecule has 0 aromatic carbocycles. The molecular formula is C15H22N2O. The molecular weight excluding hydrogens is 224 g/mol. The first kappa shape index (κ1) is 12.1. The van der Waals surface area contributed by atoms with E-state index < -0.39 is 0 Å². The molecule has 3 N–H and O–H groups in total. The van der Waals surface area contributed by atoms with Crippen molar-refractivity contribution in [2.75, 3.05) is 6.54 Å². The molecule has 18 heavy (non-hydrogen) atoms. The van der Waals surface area contributed by atoms with E-state index in [4.69, 9.17) is 5.73 Å². The van der Waals surface area contributed by atoms with Crippen LogP contribution < -0.4 is 5.73 Å². The largest absolute Gasteiger partial charge is 0.392 e. The Labute approximate surface area is 108 Å². The van der Waals surface area contributed by atoms with Gasteiger partial charge in [0.1, 0.15) is 0 Å². The highest BCUT2D eigenvalue weighted by atomic mass is 16.3. The second-order valence-electron chi connectivity index (χ2n) is 5.80. The zero-order valence-electron chi connectivity index (χ0n) is 10.7. The number of aromatic nitrogens is 1. The standard InChI is InChI=1S/C15H22N2O/c16-9-13(10-5-7-17-8-6-10)15(18)14-11-3-1-2-4-12(11)14/h5-8,11-15,18H,1-4,9,16H2. The Bertz CT molecular complexity index is 383. The number of nitrogens with two attached hydrogens (primary N) is 1. The molecule has 4 atom stereocenters. The number of fused-ring (bicyclic) bond motifs is 1. The molecule has 98 valence electrons. The van der Waals surface area contributed by atoms with Crippen molar-refractivity contribution in [1.29, 1.82) is 0 Å². The third kappa shape index (κ3) is 2.06. The van der Waals surface area contributed by atoms with E-state index in [1.54, 1.807) is 12.4 Å². The highest BCUT2D eigenvalue weighted by Crippen LogP contribution is 2.58. The Morgan fingerprint density at radius 3 is 2.39 bits per heavy atom. The second-order valence-corrected chi connectivity index (χ2v) is 5.80. The van der Waals surface area contributed by atoms with Crippen molar-refractivity contribution in [3.63, 3.8) is 0 Å². The van der Waals surface area contributed by atoms with Crippen molar-refractivity contribution in [2.45, 2.75) is 37.7 Å². The van der Waals surface area contributed by atoms with Crippen LogP contribution in [-0.2, 0) is 0 Å². The van der Waals surface area contributed by atoms with E-state index in [0.717, 1.165) is 17.4 Å². The predicted octanol–water partition coefficient (Wildman–Crippen LogP) is 1.92. The van der Waals surface area contributed by atoms with Crippen LogP contribution in [0.15, 0.2) is 24.5 Å². The minimum absolute atomic E-state index is 0.0728. The lowest BCUT2D eigenvalue weighted by atomic mass is 9.90. The van der Waals surface area contributed by atoms with Crippen molar-refractivity contribution < 1.29 is 5.11 Å². The number of aliphatic hydroxyl groups excluding tert-OH is 1. The van der Waals surface area contributed by atoms with E-state index in [0.29, 0.717) is 12.5 Å². The van der Waals surface area contributed by atoms with E-state index in [2.05, 4.69) is 4.98 Å². The number of hydrogen-bond acceptors (Lipinski definition) is 3. The van der Waals surface area contributed by atoms with Gasteiger partial charge in [0.2, 0.25) is 0 Å². The molecule has 4 unspecified atom stereocenters. The van der Waals surface area contributed by atoms with Crippen LogP contribution in [0.3, 0.4) is 0 Å². The minimum atomic E-state index is -0.273. The Morgan fingerprint density at radius 1 is 1.22 bits per heavy atom. The summed E-state index contributed by atoms with van der Waals surface area (Å²) in [6.45, 7) is 0.515. The van der Waals surface area contributed by atoms with E-state index in [-0.39, 0.29) is 12.0 Å². The summed E-state index contributed by atoms with van der Waals surface area (Å²) in [6, 6.07) is 3.96. The summed E-state index contributed by atoms with van der Waals surface area (Å²) in [5.41, 5.74) is 7.01. The third-order valence-electron chi connectivity index (χ3n) is 4.92. The third-order valence-corrected chi connectivity index (χ3v) is 4.92. The lowest BCUT2D eigenvalue weighted by molar-refractivity contribution is 0.112. The summed E-state index contributed by atoms with van der Waals surface area (Å²) in [4.78, 5) is 4.03. The first-order chi connectivity index (χ1) is 8.83. The van der Waals surface area contributed by atoms with E-state index >= 15 is 0 Å². The fourth-order valence-corrected chi connectivity index (χ4v) is 3.91. The van der Waals surface area contributed by atoms with Gasteiger partial charge in [-0.2, -0.15) is 0 Å². The molecule has 1 heterocycles. The van der Waals surface area contributed by atoms with E-state index in [1.165, 1.54) is 25.7 Å². The maximum atomic E-state index is 10.6. The Balaban J connectivity index is 1.73. The molecule has 3 heteroatoms. The lowest BCUT2D eigenvalue weighted by Gasteiger charge is -2.22. The molecule has 2 aliphatic carbocycles. The first-order valence-electron chi connectivity index (χ1n) is 7.11. The molecule has 2 saturated carbocycles. The van der Waals surface area contributed by atoms with Gasteiger partial charge < -0.3 is 10.8 Å². The first-order valence-corrected chi connectivity index (χ1v) is 7.11. The van der Waals surface area contributed by atoms with Gasteiger partial charge in [0.05, 0.1) is 6.10 Å². The highest BCUT2D eigenvalue weighted by Gasteiger charge is 2.55. The lowest BCUT2D eigenvalue weighted by Crippen LogP contribution is -2.28. The maximum Gasteiger partial charge on any atom is 0.0654 e. The Kier molecular flexibility index (Phi) is 3.35. The summed E-state index contributed by atoms with van der Waals surface area (Å²) >= 11 is 0. The molecule has 0 saturated heterocycles. The Hall–Kier alpha value is -0.930. The smallest absolute Gasteiger partial charge is 0.0654 e. The van der Waals surface area contributed by atoms with Crippen molar-refractivity contribution >= 4 is 0 Å². The van der Waals surface area contributed by atoms with Crippen LogP contribution in [0.2, 0.25) is 0 Å². The molecule has 1 aromatic heterocycles. The highest BCUT2D eigenvalue weighted by molar-refractivity contribution is 5.20. The van der Waals surface area contributed by atoms with Crippen molar-refractivity contribution in [3.05, 3.63) is 30.1 Å². The van der Waals surface area contributed by atoms with Crippen LogP contribution in [-0.4, -0.2) is 22.7 Å². The molecule has 3 rings (SSSR count). The summed E-state index contributed by atoms with van der Waals surface area (Å²) in [7, 11) is 0. The SMILES string of the molecule is NCC(c1ccncc1)C(O)C1C2CCCCC21. The van der Waals surface area contributed by atoms with Gasteiger partial charge in [-0.3, -0.25) is 4.98 Å². The van der Waals surface area contributed by atoms with Gasteiger partial charge in [-0.05, 0) is 48.3 Å². The van der Waals surface area contributed by atoms with Gasteiger partial charge in [-0.15, -0.1) is 0 Å². The van der Waals surface area contributed by atoms with Crippen LogP contribution in [0.1, 0.15) is 37.2 Å². The molecule has 0 aliphatic heterocycles. The fraction of sp³-hybridized carbons (Fsp3) is 0.667. The number of nitrogens with zero attached hydrogens (tertiary/aromatic N) is 1. The van der Waals surface area contributed by atoms with Gasteiger partial charge in [0.25, 0.3) is 0 Å². The molecule has 3 nitrogen and oxygen atoms in total. The van der Waals surface area contributed by atoms with Gasteiger partial charge in [0.15, 0.2) is 0 Å². The number of aliphatic hydroxyl groups is 1. The molecule has 1 aromatic rings. The fourth-order valence-electron chi connectivity index (χ4n) is 3.91. The summed E-state index contributed by atoms with van der Waals surface area (Å²) in [5.74, 6) is 2.10. The maximum absolute atomic E-state index is 10.6. The topological polar surface area (TPSA) is 59.1 Å². The molecule has 2 aliphatic rings. The van der Waals surface area contributed by atoms with E-state index in [9.17, 15) is 5.11 Å². The summed E-state index contributed by atoms with van der Waals surface area (Å²) < 4.78 is 0. The van der Waals surface area contributed by atoms with Crippen molar-refractivity contribution in [1.82, 2.24) is 4.98 Å². The van der Waals surface area contributed by atoms with Crippen LogP contribution in [0.5, 0.6) is 0 Å². The van der Waals surface area contributed by atoms with Gasteiger partial charge >= 0.3 is 0 Å². The zero-order chi connectivity index (χ0) is 12.5. The number of rotatable bonds is 4. The van der Waals surface area contributed by atoms with Gasteiger partial charge in [0, 0.05) is 24.9 Å². The van der Waals surface area contributed by atoms with Crippen molar-refractivity contribution in [2.24, 2.45) is 23.5 Å². The average Bonchev–Trinajstić information content (AvgIpc) is 3.15. The zero-order valence-corrected chi connectivity index (χ0v) is 10.7. The second kappa shape index (κ2) is 4.98.